The molecule has 2 N–H and O–H groups in total. The number of rotatable bonds is 3. The molecular formula is C18H23N3O2. The number of aliphatic hydroxyl groups is 1. The van der Waals surface area contributed by atoms with Gasteiger partial charge in [-0.15, -0.1) is 0 Å². The highest BCUT2D eigenvalue weighted by molar-refractivity contribution is 5.98. The molecule has 2 aromatic rings. The molecule has 2 saturated heterocycles. The summed E-state index contributed by atoms with van der Waals surface area (Å²) in [7, 11) is 0. The maximum absolute atomic E-state index is 12.8. The first-order valence-corrected chi connectivity index (χ1v) is 8.39. The zero-order valence-corrected chi connectivity index (χ0v) is 13.3. The first-order chi connectivity index (χ1) is 11.2. The number of hydrogen-bond donors (Lipinski definition) is 2. The van der Waals surface area contributed by atoms with Gasteiger partial charge in [0.2, 0.25) is 0 Å². The van der Waals surface area contributed by atoms with Crippen molar-refractivity contribution >= 4 is 16.8 Å². The van der Waals surface area contributed by atoms with Gasteiger partial charge < -0.3 is 19.9 Å². The van der Waals surface area contributed by atoms with Gasteiger partial charge >= 0.3 is 0 Å². The van der Waals surface area contributed by atoms with Gasteiger partial charge in [-0.1, -0.05) is 0 Å². The lowest BCUT2D eigenvalue weighted by molar-refractivity contribution is 0.0772. The van der Waals surface area contributed by atoms with E-state index in [0.29, 0.717) is 0 Å². The number of aromatic amines is 1. The number of nitrogens with zero attached hydrogens (tertiary/aromatic N) is 2. The number of aromatic nitrogens is 1. The Kier molecular flexibility index (Phi) is 3.62. The third kappa shape index (κ3) is 2.64. The van der Waals surface area contributed by atoms with Crippen LogP contribution < -0.4 is 0 Å². The number of likely N-dealkylation sites (tertiary alicyclic amines) is 2. The van der Waals surface area contributed by atoms with Gasteiger partial charge in [-0.25, -0.2) is 0 Å². The minimum atomic E-state index is 0.144. The van der Waals surface area contributed by atoms with Crippen LogP contribution >= 0.6 is 0 Å². The van der Waals surface area contributed by atoms with Crippen molar-refractivity contribution in [3.05, 3.63) is 36.0 Å². The van der Waals surface area contributed by atoms with Crippen molar-refractivity contribution < 1.29 is 9.90 Å². The zero-order chi connectivity index (χ0) is 15.9. The number of fused-ring (bicyclic) bond motifs is 1. The van der Waals surface area contributed by atoms with Gasteiger partial charge in [-0.3, -0.25) is 4.79 Å². The van der Waals surface area contributed by atoms with Crippen LogP contribution in [0.15, 0.2) is 30.5 Å². The van der Waals surface area contributed by atoms with E-state index in [4.69, 9.17) is 5.11 Å². The van der Waals surface area contributed by atoms with Crippen LogP contribution in [0.2, 0.25) is 0 Å². The van der Waals surface area contributed by atoms with Crippen molar-refractivity contribution in [2.45, 2.75) is 12.8 Å². The molecule has 1 aromatic carbocycles. The molecular weight excluding hydrogens is 290 g/mol. The minimum Gasteiger partial charge on any atom is -0.395 e. The number of nitrogens with one attached hydrogen (secondary N) is 1. The molecule has 122 valence electrons. The second-order valence-corrected chi connectivity index (χ2v) is 7.01. The van der Waals surface area contributed by atoms with Crippen molar-refractivity contribution in [2.24, 2.45) is 5.41 Å². The average Bonchev–Trinajstić information content (AvgIpc) is 3.27. The Bertz CT molecular complexity index is 726. The number of β-amino-alcohol motifs (C(OH)–C–C–N with tert-alkyl or cyclic N) is 1. The number of aliphatic hydroxyl groups excluding tert-OH is 1. The average molecular weight is 313 g/mol. The van der Waals surface area contributed by atoms with Crippen LogP contribution in [0.5, 0.6) is 0 Å². The van der Waals surface area contributed by atoms with E-state index in [1.165, 1.54) is 0 Å². The molecule has 23 heavy (non-hydrogen) atoms. The molecule has 0 aliphatic carbocycles. The van der Waals surface area contributed by atoms with Crippen molar-refractivity contribution in [1.29, 1.82) is 0 Å². The molecule has 1 spiro atoms. The molecule has 2 fully saturated rings. The second kappa shape index (κ2) is 5.65. The Balaban J connectivity index is 1.48. The zero-order valence-electron chi connectivity index (χ0n) is 13.3. The predicted molar refractivity (Wildman–Crippen MR) is 89.4 cm³/mol. The van der Waals surface area contributed by atoms with Crippen molar-refractivity contribution in [2.75, 3.05) is 39.3 Å². The summed E-state index contributed by atoms with van der Waals surface area (Å²) in [5.41, 5.74) is 2.08. The summed E-state index contributed by atoms with van der Waals surface area (Å²) < 4.78 is 0. The number of carbonyl (C=O) groups excluding carboxylic acids is 1. The Morgan fingerprint density at radius 1 is 1.22 bits per heavy atom. The van der Waals surface area contributed by atoms with E-state index in [1.54, 1.807) is 0 Å². The number of H-pyrrole nitrogens is 1. The Morgan fingerprint density at radius 2 is 2.09 bits per heavy atom. The van der Waals surface area contributed by atoms with Gasteiger partial charge in [0.15, 0.2) is 0 Å². The van der Waals surface area contributed by atoms with Crippen molar-refractivity contribution in [3.63, 3.8) is 0 Å². The minimum absolute atomic E-state index is 0.144. The maximum Gasteiger partial charge on any atom is 0.253 e. The van der Waals surface area contributed by atoms with Crippen LogP contribution in [0.4, 0.5) is 0 Å². The summed E-state index contributed by atoms with van der Waals surface area (Å²) >= 11 is 0. The van der Waals surface area contributed by atoms with Gasteiger partial charge in [0.1, 0.15) is 0 Å². The lowest BCUT2D eigenvalue weighted by atomic mass is 9.86. The molecule has 1 unspecified atom stereocenters. The topological polar surface area (TPSA) is 59.6 Å². The molecule has 5 heteroatoms. The van der Waals surface area contributed by atoms with Gasteiger partial charge in [0.25, 0.3) is 5.91 Å². The predicted octanol–water partition coefficient (Wildman–Crippen LogP) is 1.70. The number of carbonyl (C=O) groups is 1. The number of hydrogen-bond acceptors (Lipinski definition) is 3. The van der Waals surface area contributed by atoms with E-state index in [-0.39, 0.29) is 17.9 Å². The summed E-state index contributed by atoms with van der Waals surface area (Å²) in [5, 5.41) is 10.2. The molecule has 0 bridgehead atoms. The first-order valence-electron chi connectivity index (χ1n) is 8.39. The second-order valence-electron chi connectivity index (χ2n) is 7.01. The standard InChI is InChI=1S/C18H23N3O2/c22-10-9-20-7-4-18(12-20)5-8-21(13-18)17(23)15-1-2-16-14(11-15)3-6-19-16/h1-3,6,11,19,22H,4-5,7-10,12-13H2. The van der Waals surface area contributed by atoms with Crippen LogP contribution in [0.3, 0.4) is 0 Å². The Labute approximate surface area is 135 Å². The van der Waals surface area contributed by atoms with Gasteiger partial charge in [0.05, 0.1) is 6.61 Å². The van der Waals surface area contributed by atoms with Crippen LogP contribution in [-0.4, -0.2) is 65.1 Å². The van der Waals surface area contributed by atoms with Crippen LogP contribution in [0.1, 0.15) is 23.2 Å². The Hall–Kier alpha value is -1.85. The summed E-state index contributed by atoms with van der Waals surface area (Å²) in [6.45, 7) is 4.71. The molecule has 2 aliphatic rings. The number of amides is 1. The molecule has 0 saturated carbocycles. The fraction of sp³-hybridized carbons (Fsp3) is 0.500. The first kappa shape index (κ1) is 14.7. The van der Waals surface area contributed by atoms with Gasteiger partial charge in [-0.05, 0) is 43.7 Å². The molecule has 1 atom stereocenters. The van der Waals surface area contributed by atoms with Crippen molar-refractivity contribution in [3.8, 4) is 0 Å². The lowest BCUT2D eigenvalue weighted by Gasteiger charge is -2.24. The smallest absolute Gasteiger partial charge is 0.253 e. The lowest BCUT2D eigenvalue weighted by Crippen LogP contribution is -2.34. The van der Waals surface area contributed by atoms with E-state index in [1.807, 2.05) is 35.4 Å². The molecule has 5 nitrogen and oxygen atoms in total. The fourth-order valence-corrected chi connectivity index (χ4v) is 4.17. The highest BCUT2D eigenvalue weighted by atomic mass is 16.3. The quantitative estimate of drug-likeness (QED) is 0.907. The summed E-state index contributed by atoms with van der Waals surface area (Å²) in [4.78, 5) is 20.3. The normalized spacial score (nSPS) is 25.0. The number of benzene rings is 1. The van der Waals surface area contributed by atoms with Crippen LogP contribution in [0.25, 0.3) is 10.9 Å². The third-order valence-electron chi connectivity index (χ3n) is 5.46. The van der Waals surface area contributed by atoms with Crippen LogP contribution in [-0.2, 0) is 0 Å². The molecule has 0 radical (unpaired) electrons. The fourth-order valence-electron chi connectivity index (χ4n) is 4.17. The van der Waals surface area contributed by atoms with Gasteiger partial charge in [0, 0.05) is 54.3 Å². The van der Waals surface area contributed by atoms with Gasteiger partial charge in [-0.2, -0.15) is 0 Å². The highest BCUT2D eigenvalue weighted by Crippen LogP contribution is 2.39. The van der Waals surface area contributed by atoms with E-state index in [0.717, 1.165) is 62.0 Å². The summed E-state index contributed by atoms with van der Waals surface area (Å²) in [5.74, 6) is 0.144. The van der Waals surface area contributed by atoms with E-state index in [2.05, 4.69) is 9.88 Å². The monoisotopic (exact) mass is 313 g/mol. The molecule has 3 heterocycles. The SMILES string of the molecule is O=C(c1ccc2[nH]ccc2c1)N1CCC2(CCN(CCO)C2)C1. The summed E-state index contributed by atoms with van der Waals surface area (Å²) in [6, 6.07) is 7.87. The maximum atomic E-state index is 12.8. The highest BCUT2D eigenvalue weighted by Gasteiger charge is 2.44. The van der Waals surface area contributed by atoms with Crippen molar-refractivity contribution in [1.82, 2.24) is 14.8 Å². The van der Waals surface area contributed by atoms with Crippen LogP contribution in [0, 0.1) is 5.41 Å². The van der Waals surface area contributed by atoms with E-state index in [9.17, 15) is 4.79 Å². The molecule has 1 amide bonds. The molecule has 1 aromatic heterocycles. The molecule has 2 aliphatic heterocycles. The summed E-state index contributed by atoms with van der Waals surface area (Å²) in [6.07, 6.45) is 4.11. The Morgan fingerprint density at radius 3 is 2.96 bits per heavy atom. The largest absolute Gasteiger partial charge is 0.395 e. The van der Waals surface area contributed by atoms with E-state index >= 15 is 0 Å². The third-order valence-corrected chi connectivity index (χ3v) is 5.46. The molecule has 4 rings (SSSR count). The van der Waals surface area contributed by atoms with E-state index < -0.39 is 0 Å².